The highest BCUT2D eigenvalue weighted by atomic mass is 16.1. The number of carbonyl (C=O) groups excluding carboxylic acids is 1. The van der Waals surface area contributed by atoms with Crippen molar-refractivity contribution in [1.29, 1.82) is 0 Å². The van der Waals surface area contributed by atoms with Gasteiger partial charge in [-0.1, -0.05) is 39.8 Å². The molecule has 21 heavy (non-hydrogen) atoms. The molecule has 0 amide bonds. The van der Waals surface area contributed by atoms with Gasteiger partial charge in [-0.3, -0.25) is 4.79 Å². The molecule has 0 aromatic rings. The first kappa shape index (κ1) is 15.3. The van der Waals surface area contributed by atoms with E-state index in [9.17, 15) is 4.79 Å². The van der Waals surface area contributed by atoms with Crippen LogP contribution in [-0.4, -0.2) is 5.78 Å². The number of rotatable bonds is 5. The SMILES string of the molecule is C=C1CC[C@H]2[C@@H]1[C@@H]1C[C@H](C(C)CC(=O)CC(C)C)C[C@]21C. The number of hydrogen-bond acceptors (Lipinski definition) is 1. The first-order chi connectivity index (χ1) is 9.83. The second kappa shape index (κ2) is 5.25. The van der Waals surface area contributed by atoms with Gasteiger partial charge in [0.05, 0.1) is 0 Å². The van der Waals surface area contributed by atoms with Gasteiger partial charge < -0.3 is 0 Å². The summed E-state index contributed by atoms with van der Waals surface area (Å²) in [5.41, 5.74) is 2.11. The van der Waals surface area contributed by atoms with E-state index in [0.717, 1.165) is 36.5 Å². The summed E-state index contributed by atoms with van der Waals surface area (Å²) in [6.45, 7) is 13.5. The minimum absolute atomic E-state index is 0.478. The second-order valence-corrected chi connectivity index (χ2v) is 8.96. The molecule has 0 heterocycles. The van der Waals surface area contributed by atoms with Crippen LogP contribution >= 0.6 is 0 Å². The summed E-state index contributed by atoms with van der Waals surface area (Å²) in [7, 11) is 0. The van der Waals surface area contributed by atoms with Crippen LogP contribution in [0.25, 0.3) is 0 Å². The average Bonchev–Trinajstić information content (AvgIpc) is 2.84. The number of carbonyl (C=O) groups is 1. The van der Waals surface area contributed by atoms with Crippen molar-refractivity contribution in [2.45, 2.75) is 66.2 Å². The second-order valence-electron chi connectivity index (χ2n) is 8.96. The largest absolute Gasteiger partial charge is 0.300 e. The van der Waals surface area contributed by atoms with Crippen LogP contribution in [0, 0.1) is 40.9 Å². The smallest absolute Gasteiger partial charge is 0.133 e. The van der Waals surface area contributed by atoms with Crippen LogP contribution in [0.4, 0.5) is 0 Å². The Morgan fingerprint density at radius 3 is 2.67 bits per heavy atom. The third kappa shape index (κ3) is 2.41. The van der Waals surface area contributed by atoms with Gasteiger partial charge in [-0.05, 0) is 66.6 Å². The molecular weight excluding hydrogens is 256 g/mol. The molecule has 0 N–H and O–H groups in total. The third-order valence-electron chi connectivity index (χ3n) is 7.06. The Morgan fingerprint density at radius 2 is 2.00 bits per heavy atom. The lowest BCUT2D eigenvalue weighted by molar-refractivity contribution is -0.120. The lowest BCUT2D eigenvalue weighted by atomic mass is 9.49. The summed E-state index contributed by atoms with van der Waals surface area (Å²) in [6, 6.07) is 0. The van der Waals surface area contributed by atoms with E-state index in [0.29, 0.717) is 23.0 Å². The van der Waals surface area contributed by atoms with Crippen LogP contribution in [0.15, 0.2) is 12.2 Å². The molecule has 3 saturated carbocycles. The molecule has 0 saturated heterocycles. The molecule has 1 unspecified atom stereocenters. The zero-order valence-corrected chi connectivity index (χ0v) is 14.3. The Balaban J connectivity index is 1.60. The molecular formula is C20H32O. The first-order valence-corrected chi connectivity index (χ1v) is 9.02. The van der Waals surface area contributed by atoms with E-state index in [1.54, 1.807) is 0 Å². The minimum Gasteiger partial charge on any atom is -0.300 e. The van der Waals surface area contributed by atoms with Gasteiger partial charge in [-0.2, -0.15) is 0 Å². The summed E-state index contributed by atoms with van der Waals surface area (Å²) in [4.78, 5) is 12.1. The van der Waals surface area contributed by atoms with Crippen molar-refractivity contribution in [3.63, 3.8) is 0 Å². The van der Waals surface area contributed by atoms with E-state index in [2.05, 4.69) is 34.3 Å². The van der Waals surface area contributed by atoms with Gasteiger partial charge in [-0.25, -0.2) is 0 Å². The quantitative estimate of drug-likeness (QED) is 0.631. The Bertz CT molecular complexity index is 449. The number of fused-ring (bicyclic) bond motifs is 4. The van der Waals surface area contributed by atoms with Gasteiger partial charge in [0.25, 0.3) is 0 Å². The van der Waals surface area contributed by atoms with Gasteiger partial charge >= 0.3 is 0 Å². The topological polar surface area (TPSA) is 17.1 Å². The zero-order valence-electron chi connectivity index (χ0n) is 14.3. The molecule has 0 spiro atoms. The van der Waals surface area contributed by atoms with Crippen LogP contribution < -0.4 is 0 Å². The highest BCUT2D eigenvalue weighted by Crippen LogP contribution is 2.72. The van der Waals surface area contributed by atoms with Crippen LogP contribution in [0.5, 0.6) is 0 Å². The zero-order chi connectivity index (χ0) is 15.4. The standard InChI is InChI=1S/C20H32O/c1-12(2)8-16(21)9-14(4)15-10-18-19-13(3)6-7-17(19)20(18,5)11-15/h12,14-15,17-19H,3,6-11H2,1-2,4-5H3/t14?,15-,17-,18-,19+,20+/m0/s1. The van der Waals surface area contributed by atoms with Crippen molar-refractivity contribution in [1.82, 2.24) is 0 Å². The van der Waals surface area contributed by atoms with Crippen molar-refractivity contribution >= 4 is 5.78 Å². The predicted molar refractivity (Wildman–Crippen MR) is 87.9 cm³/mol. The average molecular weight is 288 g/mol. The molecule has 6 atom stereocenters. The fourth-order valence-corrected chi connectivity index (χ4v) is 6.03. The summed E-state index contributed by atoms with van der Waals surface area (Å²) < 4.78 is 0. The van der Waals surface area contributed by atoms with E-state index in [-0.39, 0.29) is 0 Å². The Hall–Kier alpha value is -0.590. The molecule has 3 aliphatic carbocycles. The van der Waals surface area contributed by atoms with Gasteiger partial charge in [0.15, 0.2) is 0 Å². The van der Waals surface area contributed by atoms with Crippen molar-refractivity contribution < 1.29 is 4.79 Å². The van der Waals surface area contributed by atoms with E-state index in [1.165, 1.54) is 31.3 Å². The molecule has 118 valence electrons. The molecule has 1 nitrogen and oxygen atoms in total. The van der Waals surface area contributed by atoms with Crippen LogP contribution in [0.2, 0.25) is 0 Å². The van der Waals surface area contributed by atoms with Gasteiger partial charge in [-0.15, -0.1) is 0 Å². The fraction of sp³-hybridized carbons (Fsp3) is 0.850. The van der Waals surface area contributed by atoms with Gasteiger partial charge in [0.1, 0.15) is 5.78 Å². The Labute approximate surface area is 130 Å². The molecule has 0 aromatic carbocycles. The minimum atomic E-state index is 0.478. The Morgan fingerprint density at radius 1 is 1.29 bits per heavy atom. The molecule has 3 rings (SSSR count). The van der Waals surface area contributed by atoms with Crippen LogP contribution in [0.3, 0.4) is 0 Å². The molecule has 3 aliphatic rings. The molecule has 0 radical (unpaired) electrons. The predicted octanol–water partition coefficient (Wildman–Crippen LogP) is 5.26. The summed E-state index contributed by atoms with van der Waals surface area (Å²) in [5.74, 6) is 4.96. The van der Waals surface area contributed by atoms with E-state index in [4.69, 9.17) is 0 Å². The highest BCUT2D eigenvalue weighted by molar-refractivity contribution is 5.78. The number of hydrogen-bond donors (Lipinski definition) is 0. The van der Waals surface area contributed by atoms with Crippen molar-refractivity contribution in [2.24, 2.45) is 40.9 Å². The molecule has 1 heteroatoms. The van der Waals surface area contributed by atoms with E-state index >= 15 is 0 Å². The fourth-order valence-electron chi connectivity index (χ4n) is 6.03. The lowest BCUT2D eigenvalue weighted by Crippen LogP contribution is -2.49. The maximum absolute atomic E-state index is 12.1. The number of allylic oxidation sites excluding steroid dienone is 1. The third-order valence-corrected chi connectivity index (χ3v) is 7.06. The molecule has 0 bridgehead atoms. The molecule has 0 aromatic heterocycles. The van der Waals surface area contributed by atoms with Crippen LogP contribution in [-0.2, 0) is 4.79 Å². The van der Waals surface area contributed by atoms with Crippen LogP contribution in [0.1, 0.15) is 66.2 Å². The van der Waals surface area contributed by atoms with E-state index in [1.807, 2.05) is 0 Å². The maximum Gasteiger partial charge on any atom is 0.133 e. The monoisotopic (exact) mass is 288 g/mol. The van der Waals surface area contributed by atoms with Crippen molar-refractivity contribution in [3.8, 4) is 0 Å². The number of ketones is 1. The van der Waals surface area contributed by atoms with Gasteiger partial charge in [0.2, 0.25) is 0 Å². The van der Waals surface area contributed by atoms with Crippen molar-refractivity contribution in [2.75, 3.05) is 0 Å². The molecule has 3 fully saturated rings. The number of Topliss-reactive ketones (excluding diaryl/α,β-unsaturated/α-hetero) is 1. The van der Waals surface area contributed by atoms with E-state index < -0.39 is 0 Å². The maximum atomic E-state index is 12.1. The summed E-state index contributed by atoms with van der Waals surface area (Å²) in [6.07, 6.45) is 6.94. The van der Waals surface area contributed by atoms with Crippen molar-refractivity contribution in [3.05, 3.63) is 12.2 Å². The lowest BCUT2D eigenvalue weighted by Gasteiger charge is -2.55. The van der Waals surface area contributed by atoms with Gasteiger partial charge in [0, 0.05) is 12.8 Å². The Kier molecular flexibility index (Phi) is 3.83. The molecule has 0 aliphatic heterocycles. The summed E-state index contributed by atoms with van der Waals surface area (Å²) in [5, 5.41) is 0. The summed E-state index contributed by atoms with van der Waals surface area (Å²) >= 11 is 0. The first-order valence-electron chi connectivity index (χ1n) is 9.02. The highest BCUT2D eigenvalue weighted by Gasteiger charge is 2.65. The normalized spacial score (nSPS) is 42.6.